The molecule has 0 fully saturated rings. The molecular formula is C15H17NO4S. The van der Waals surface area contributed by atoms with Gasteiger partial charge in [0.1, 0.15) is 6.61 Å². The second kappa shape index (κ2) is 5.81. The minimum atomic E-state index is -0.774. The van der Waals surface area contributed by atoms with Crippen LogP contribution in [0.4, 0.5) is 0 Å². The Morgan fingerprint density at radius 3 is 2.86 bits per heavy atom. The summed E-state index contributed by atoms with van der Waals surface area (Å²) in [6, 6.07) is 3.78. The summed E-state index contributed by atoms with van der Waals surface area (Å²) in [5.74, 6) is -0.527. The van der Waals surface area contributed by atoms with Gasteiger partial charge in [-0.05, 0) is 11.4 Å². The molecule has 2 rings (SSSR count). The molecule has 0 saturated heterocycles. The minimum absolute atomic E-state index is 0.0903. The van der Waals surface area contributed by atoms with Gasteiger partial charge in [-0.1, -0.05) is 26.5 Å². The third-order valence-corrected chi connectivity index (χ3v) is 4.03. The normalized spacial score (nSPS) is 18.1. The molecule has 2 heterocycles. The first-order chi connectivity index (χ1) is 9.81. The van der Waals surface area contributed by atoms with E-state index < -0.39 is 17.5 Å². The largest absolute Gasteiger partial charge is 0.465 e. The lowest BCUT2D eigenvalue weighted by atomic mass is 9.87. The highest BCUT2D eigenvalue weighted by molar-refractivity contribution is 7.11. The molecule has 0 N–H and O–H groups in total. The summed E-state index contributed by atoms with van der Waals surface area (Å²) in [6.07, 6.45) is -0.774. The summed E-state index contributed by atoms with van der Waals surface area (Å²) in [6.45, 7) is 8.93. The van der Waals surface area contributed by atoms with E-state index in [4.69, 9.17) is 9.47 Å². The molecule has 0 saturated carbocycles. The zero-order chi connectivity index (χ0) is 15.6. The number of amides is 1. The third-order valence-electron chi connectivity index (χ3n) is 3.10. The molecule has 1 unspecified atom stereocenters. The van der Waals surface area contributed by atoms with Crippen LogP contribution in [0.2, 0.25) is 0 Å². The fraction of sp³-hybridized carbons (Fsp3) is 0.400. The van der Waals surface area contributed by atoms with E-state index >= 15 is 0 Å². The first kappa shape index (κ1) is 15.4. The van der Waals surface area contributed by atoms with Crippen LogP contribution in [0.5, 0.6) is 0 Å². The number of carbonyl (C=O) groups is 2. The predicted octanol–water partition coefficient (Wildman–Crippen LogP) is 2.67. The van der Waals surface area contributed by atoms with Gasteiger partial charge in [0.25, 0.3) is 5.91 Å². The molecule has 5 nitrogen and oxygen atoms in total. The molecular weight excluding hydrogens is 290 g/mol. The smallest absolute Gasteiger partial charge is 0.302 e. The van der Waals surface area contributed by atoms with Gasteiger partial charge in [-0.3, -0.25) is 9.59 Å². The van der Waals surface area contributed by atoms with Crippen LogP contribution in [0, 0.1) is 5.41 Å². The number of aliphatic imine (C=N–C) groups is 1. The molecule has 0 radical (unpaired) electrons. The highest BCUT2D eigenvalue weighted by Gasteiger charge is 2.43. The first-order valence-electron chi connectivity index (χ1n) is 6.47. The molecule has 0 bridgehead atoms. The molecule has 1 aromatic rings. The van der Waals surface area contributed by atoms with Crippen molar-refractivity contribution in [1.82, 2.24) is 0 Å². The average molecular weight is 307 g/mol. The Hall–Kier alpha value is -1.95. The van der Waals surface area contributed by atoms with Crippen LogP contribution < -0.4 is 0 Å². The maximum absolute atomic E-state index is 12.1. The number of hydrogen-bond donors (Lipinski definition) is 0. The lowest BCUT2D eigenvalue weighted by Crippen LogP contribution is -2.39. The van der Waals surface area contributed by atoms with Gasteiger partial charge in [0.15, 0.2) is 6.10 Å². The van der Waals surface area contributed by atoms with Gasteiger partial charge in [-0.2, -0.15) is 4.99 Å². The van der Waals surface area contributed by atoms with Crippen molar-refractivity contribution in [3.63, 3.8) is 0 Å². The van der Waals surface area contributed by atoms with Crippen molar-refractivity contribution < 1.29 is 19.1 Å². The summed E-state index contributed by atoms with van der Waals surface area (Å²) in [4.78, 5) is 27.8. The predicted molar refractivity (Wildman–Crippen MR) is 81.1 cm³/mol. The summed E-state index contributed by atoms with van der Waals surface area (Å²) in [5, 5.41) is 1.92. The van der Waals surface area contributed by atoms with Crippen LogP contribution in [-0.2, 0) is 19.1 Å². The van der Waals surface area contributed by atoms with Gasteiger partial charge >= 0.3 is 5.97 Å². The zero-order valence-electron chi connectivity index (χ0n) is 12.2. The van der Waals surface area contributed by atoms with Crippen molar-refractivity contribution in [3.8, 4) is 0 Å². The average Bonchev–Trinajstić information content (AvgIpc) is 3.05. The standard InChI is InChI=1S/C15H17NO4S/c1-9(11-6-5-7-21-11)14-16-13(18)12(20-14)15(3,4)8-19-10(2)17/h5-7,12H,1,8H2,2-4H3. The quantitative estimate of drug-likeness (QED) is 0.785. The Balaban J connectivity index is 2.09. The first-order valence-corrected chi connectivity index (χ1v) is 7.35. The maximum Gasteiger partial charge on any atom is 0.302 e. The van der Waals surface area contributed by atoms with Crippen molar-refractivity contribution in [3.05, 3.63) is 29.0 Å². The molecule has 0 spiro atoms. The maximum atomic E-state index is 12.1. The van der Waals surface area contributed by atoms with Gasteiger partial charge in [-0.25, -0.2) is 0 Å². The van der Waals surface area contributed by atoms with Gasteiger partial charge in [0.2, 0.25) is 5.90 Å². The van der Waals surface area contributed by atoms with E-state index in [1.165, 1.54) is 18.3 Å². The van der Waals surface area contributed by atoms with Crippen molar-refractivity contribution in [1.29, 1.82) is 0 Å². The van der Waals surface area contributed by atoms with Crippen molar-refractivity contribution in [2.75, 3.05) is 6.61 Å². The highest BCUT2D eigenvalue weighted by Crippen LogP contribution is 2.32. The van der Waals surface area contributed by atoms with E-state index in [-0.39, 0.29) is 18.4 Å². The van der Waals surface area contributed by atoms with Crippen molar-refractivity contribution >= 4 is 34.7 Å². The number of carbonyl (C=O) groups excluding carboxylic acids is 2. The van der Waals surface area contributed by atoms with Gasteiger partial charge in [0, 0.05) is 22.8 Å². The molecule has 0 aromatic carbocycles. The fourth-order valence-corrected chi connectivity index (χ4v) is 2.59. The number of ether oxygens (including phenoxy) is 2. The number of rotatable bonds is 5. The topological polar surface area (TPSA) is 65.0 Å². The highest BCUT2D eigenvalue weighted by atomic mass is 32.1. The Morgan fingerprint density at radius 2 is 2.29 bits per heavy atom. The van der Waals surface area contributed by atoms with Crippen LogP contribution >= 0.6 is 11.3 Å². The SMILES string of the molecule is C=C(C1=NC(=O)C(C(C)(C)COC(C)=O)O1)c1cccs1. The summed E-state index contributed by atoms with van der Waals surface area (Å²) in [7, 11) is 0. The molecule has 1 aliphatic rings. The van der Waals surface area contributed by atoms with Crippen LogP contribution in [-0.4, -0.2) is 30.5 Å². The van der Waals surface area contributed by atoms with Crippen molar-refractivity contribution in [2.24, 2.45) is 10.4 Å². The summed E-state index contributed by atoms with van der Waals surface area (Å²) < 4.78 is 10.7. The van der Waals surface area contributed by atoms with Gasteiger partial charge in [-0.15, -0.1) is 11.3 Å². The van der Waals surface area contributed by atoms with E-state index in [2.05, 4.69) is 11.6 Å². The molecule has 21 heavy (non-hydrogen) atoms. The van der Waals surface area contributed by atoms with Crippen LogP contribution in [0.25, 0.3) is 5.57 Å². The van der Waals surface area contributed by atoms with E-state index in [1.807, 2.05) is 17.5 Å². The summed E-state index contributed by atoms with van der Waals surface area (Å²) >= 11 is 1.50. The van der Waals surface area contributed by atoms with Crippen molar-refractivity contribution in [2.45, 2.75) is 26.9 Å². The second-order valence-corrected chi connectivity index (χ2v) is 6.43. The molecule has 1 amide bonds. The van der Waals surface area contributed by atoms with E-state index in [0.29, 0.717) is 5.57 Å². The molecule has 1 atom stereocenters. The minimum Gasteiger partial charge on any atom is -0.465 e. The third kappa shape index (κ3) is 3.39. The van der Waals surface area contributed by atoms with E-state index in [9.17, 15) is 9.59 Å². The zero-order valence-corrected chi connectivity index (χ0v) is 13.0. The van der Waals surface area contributed by atoms with E-state index in [1.54, 1.807) is 13.8 Å². The molecule has 1 aliphatic heterocycles. The molecule has 0 aliphatic carbocycles. The number of nitrogens with zero attached hydrogens (tertiary/aromatic N) is 1. The van der Waals surface area contributed by atoms with Crippen LogP contribution in [0.3, 0.4) is 0 Å². The summed E-state index contributed by atoms with van der Waals surface area (Å²) in [5.41, 5.74) is -0.0758. The molecule has 6 heteroatoms. The molecule has 112 valence electrons. The number of hydrogen-bond acceptors (Lipinski definition) is 5. The second-order valence-electron chi connectivity index (χ2n) is 5.48. The Bertz CT molecular complexity index is 601. The van der Waals surface area contributed by atoms with Gasteiger partial charge < -0.3 is 9.47 Å². The fourth-order valence-electron chi connectivity index (χ4n) is 1.90. The number of esters is 1. The van der Waals surface area contributed by atoms with Gasteiger partial charge in [0.05, 0.1) is 0 Å². The Kier molecular flexibility index (Phi) is 4.27. The lowest BCUT2D eigenvalue weighted by Gasteiger charge is -2.28. The lowest BCUT2D eigenvalue weighted by molar-refractivity contribution is -0.148. The molecule has 1 aromatic heterocycles. The van der Waals surface area contributed by atoms with Crippen LogP contribution in [0.1, 0.15) is 25.6 Å². The number of thiophene rings is 1. The monoisotopic (exact) mass is 307 g/mol. The Labute approximate surface area is 127 Å². The Morgan fingerprint density at radius 1 is 1.57 bits per heavy atom. The van der Waals surface area contributed by atoms with E-state index in [0.717, 1.165) is 4.88 Å². The van der Waals surface area contributed by atoms with Crippen LogP contribution in [0.15, 0.2) is 29.1 Å².